The van der Waals surface area contributed by atoms with Crippen LogP contribution in [0.1, 0.15) is 24.7 Å². The van der Waals surface area contributed by atoms with Gasteiger partial charge in [-0.05, 0) is 25.0 Å². The highest BCUT2D eigenvalue weighted by atomic mass is 16.5. The number of benzene rings is 1. The third kappa shape index (κ3) is 2.40. The van der Waals surface area contributed by atoms with E-state index in [1.807, 2.05) is 16.5 Å². The second kappa shape index (κ2) is 5.75. The zero-order chi connectivity index (χ0) is 17.8. The molecular formula is C19H18N6O2. The molecule has 1 aliphatic carbocycles. The zero-order valence-electron chi connectivity index (χ0n) is 14.7. The van der Waals surface area contributed by atoms with Crippen LogP contribution in [-0.4, -0.2) is 50.8 Å². The predicted octanol–water partition coefficient (Wildman–Crippen LogP) is 2.65. The van der Waals surface area contributed by atoms with E-state index in [0.717, 1.165) is 48.3 Å². The number of aromatic nitrogens is 5. The second-order valence-corrected chi connectivity index (χ2v) is 7.07. The van der Waals surface area contributed by atoms with E-state index >= 15 is 0 Å². The van der Waals surface area contributed by atoms with Crippen LogP contribution in [0.5, 0.6) is 0 Å². The van der Waals surface area contributed by atoms with Gasteiger partial charge >= 0.3 is 0 Å². The molecule has 1 aliphatic heterocycles. The van der Waals surface area contributed by atoms with Crippen LogP contribution >= 0.6 is 0 Å². The Morgan fingerprint density at radius 3 is 2.74 bits per heavy atom. The number of nitrogens with zero attached hydrogens (tertiary/aromatic N) is 6. The van der Waals surface area contributed by atoms with Gasteiger partial charge in [-0.15, -0.1) is 0 Å². The number of para-hydroxylation sites is 1. The molecular weight excluding hydrogens is 344 g/mol. The number of ether oxygens (including phenoxy) is 1. The molecule has 0 radical (unpaired) electrons. The monoisotopic (exact) mass is 362 g/mol. The number of hydrogen-bond donors (Lipinski definition) is 0. The molecule has 0 spiro atoms. The van der Waals surface area contributed by atoms with E-state index in [1.54, 1.807) is 6.33 Å². The van der Waals surface area contributed by atoms with E-state index < -0.39 is 0 Å². The number of anilines is 1. The molecule has 8 heteroatoms. The van der Waals surface area contributed by atoms with Gasteiger partial charge in [0.1, 0.15) is 12.1 Å². The number of morpholine rings is 1. The molecule has 0 atom stereocenters. The smallest absolute Gasteiger partial charge is 0.230 e. The summed E-state index contributed by atoms with van der Waals surface area (Å²) in [5, 5.41) is 5.26. The molecule has 2 fully saturated rings. The van der Waals surface area contributed by atoms with Crippen molar-refractivity contribution in [2.45, 2.75) is 18.8 Å². The van der Waals surface area contributed by atoms with Crippen molar-refractivity contribution in [3.05, 3.63) is 36.5 Å². The van der Waals surface area contributed by atoms with Gasteiger partial charge in [-0.3, -0.25) is 4.40 Å². The molecule has 4 heterocycles. The highest BCUT2D eigenvalue weighted by molar-refractivity contribution is 5.93. The third-order valence-electron chi connectivity index (χ3n) is 5.25. The minimum Gasteiger partial charge on any atom is -0.378 e. The average Bonchev–Trinajstić information content (AvgIpc) is 3.30. The van der Waals surface area contributed by atoms with Crippen molar-refractivity contribution in [2.24, 2.45) is 0 Å². The lowest BCUT2D eigenvalue weighted by atomic mass is 10.2. The van der Waals surface area contributed by atoms with Crippen molar-refractivity contribution >= 4 is 22.4 Å². The SMILES string of the molecule is c1ccc2c(c1)c(N1CCOCC1)nc1c(-c3noc(C4CC4)n3)ncn12. The molecule has 0 unspecified atom stereocenters. The highest BCUT2D eigenvalue weighted by Crippen LogP contribution is 2.39. The maximum absolute atomic E-state index is 5.51. The van der Waals surface area contributed by atoms with Crippen LogP contribution < -0.4 is 4.90 Å². The Balaban J connectivity index is 1.56. The van der Waals surface area contributed by atoms with Crippen LogP contribution in [0.3, 0.4) is 0 Å². The number of hydrogen-bond acceptors (Lipinski definition) is 7. The molecule has 3 aromatic heterocycles. The van der Waals surface area contributed by atoms with Crippen LogP contribution in [0.2, 0.25) is 0 Å². The first-order valence-corrected chi connectivity index (χ1v) is 9.31. The molecule has 0 amide bonds. The summed E-state index contributed by atoms with van der Waals surface area (Å²) in [7, 11) is 0. The van der Waals surface area contributed by atoms with Crippen LogP contribution in [0.4, 0.5) is 5.82 Å². The molecule has 0 bridgehead atoms. The fraction of sp³-hybridized carbons (Fsp3) is 0.368. The fourth-order valence-corrected chi connectivity index (χ4v) is 3.66. The van der Waals surface area contributed by atoms with Crippen molar-refractivity contribution < 1.29 is 9.26 Å². The summed E-state index contributed by atoms with van der Waals surface area (Å²) in [5.74, 6) is 2.59. The van der Waals surface area contributed by atoms with Gasteiger partial charge in [0, 0.05) is 24.4 Å². The summed E-state index contributed by atoms with van der Waals surface area (Å²) in [6.07, 6.45) is 4.03. The fourth-order valence-electron chi connectivity index (χ4n) is 3.66. The standard InChI is InChI=1S/C19H18N6O2/c1-2-4-14-13(3-1)17(24-7-9-26-10-8-24)22-18-15(20-11-25(14)18)16-21-19(27-23-16)12-5-6-12/h1-4,11-12H,5-10H2. The molecule has 136 valence electrons. The summed E-state index contributed by atoms with van der Waals surface area (Å²) in [6, 6.07) is 8.26. The van der Waals surface area contributed by atoms with Crippen molar-refractivity contribution in [1.29, 1.82) is 0 Å². The maximum atomic E-state index is 5.51. The Morgan fingerprint density at radius 1 is 1.04 bits per heavy atom. The van der Waals surface area contributed by atoms with Crippen molar-refractivity contribution in [3.63, 3.8) is 0 Å². The summed E-state index contributed by atoms with van der Waals surface area (Å²) < 4.78 is 12.9. The quantitative estimate of drug-likeness (QED) is 0.554. The summed E-state index contributed by atoms with van der Waals surface area (Å²) in [4.78, 5) is 16.4. The lowest BCUT2D eigenvalue weighted by Crippen LogP contribution is -2.37. The van der Waals surface area contributed by atoms with Crippen LogP contribution in [0, 0.1) is 0 Å². The number of fused-ring (bicyclic) bond motifs is 3. The minimum atomic E-state index is 0.415. The van der Waals surface area contributed by atoms with Gasteiger partial charge in [0.25, 0.3) is 0 Å². The Bertz CT molecular complexity index is 1140. The maximum Gasteiger partial charge on any atom is 0.230 e. The van der Waals surface area contributed by atoms with E-state index in [1.165, 1.54) is 0 Å². The lowest BCUT2D eigenvalue weighted by molar-refractivity contribution is 0.122. The molecule has 0 N–H and O–H groups in total. The van der Waals surface area contributed by atoms with Gasteiger partial charge in [-0.2, -0.15) is 4.98 Å². The van der Waals surface area contributed by atoms with Crippen molar-refractivity contribution in [2.75, 3.05) is 31.2 Å². The van der Waals surface area contributed by atoms with Gasteiger partial charge in [-0.1, -0.05) is 17.3 Å². The van der Waals surface area contributed by atoms with E-state index in [0.29, 0.717) is 36.5 Å². The summed E-state index contributed by atoms with van der Waals surface area (Å²) in [6.45, 7) is 3.07. The van der Waals surface area contributed by atoms with Crippen LogP contribution in [0.15, 0.2) is 35.1 Å². The number of rotatable bonds is 3. The third-order valence-corrected chi connectivity index (χ3v) is 5.25. The average molecular weight is 362 g/mol. The van der Waals surface area contributed by atoms with Gasteiger partial charge in [-0.25, -0.2) is 9.97 Å². The molecule has 6 rings (SSSR count). The Morgan fingerprint density at radius 2 is 1.89 bits per heavy atom. The van der Waals surface area contributed by atoms with E-state index in [9.17, 15) is 0 Å². The van der Waals surface area contributed by atoms with E-state index in [4.69, 9.17) is 14.2 Å². The van der Waals surface area contributed by atoms with Gasteiger partial charge in [0.2, 0.25) is 11.7 Å². The molecule has 1 saturated heterocycles. The molecule has 2 aliphatic rings. The minimum absolute atomic E-state index is 0.415. The van der Waals surface area contributed by atoms with Gasteiger partial charge in [0.15, 0.2) is 11.3 Å². The summed E-state index contributed by atoms with van der Waals surface area (Å²) in [5.41, 5.74) is 2.47. The van der Waals surface area contributed by atoms with Crippen molar-refractivity contribution in [1.82, 2.24) is 24.5 Å². The second-order valence-electron chi connectivity index (χ2n) is 7.07. The topological polar surface area (TPSA) is 81.6 Å². The highest BCUT2D eigenvalue weighted by Gasteiger charge is 2.30. The van der Waals surface area contributed by atoms with Crippen LogP contribution in [0.25, 0.3) is 28.1 Å². The first-order valence-electron chi connectivity index (χ1n) is 9.31. The lowest BCUT2D eigenvalue weighted by Gasteiger charge is -2.29. The first kappa shape index (κ1) is 15.1. The van der Waals surface area contributed by atoms with Gasteiger partial charge < -0.3 is 14.2 Å². The molecule has 4 aromatic rings. The predicted molar refractivity (Wildman–Crippen MR) is 98.8 cm³/mol. The molecule has 1 aromatic carbocycles. The molecule has 8 nitrogen and oxygen atoms in total. The van der Waals surface area contributed by atoms with Gasteiger partial charge in [0.05, 0.1) is 18.7 Å². The van der Waals surface area contributed by atoms with E-state index in [2.05, 4.69) is 32.2 Å². The molecule has 27 heavy (non-hydrogen) atoms. The van der Waals surface area contributed by atoms with Crippen LogP contribution in [-0.2, 0) is 4.74 Å². The first-order chi connectivity index (χ1) is 13.4. The molecule has 1 saturated carbocycles. The summed E-state index contributed by atoms with van der Waals surface area (Å²) >= 11 is 0. The Hall–Kier alpha value is -3.00. The Kier molecular flexibility index (Phi) is 3.21. The zero-order valence-corrected chi connectivity index (χ0v) is 14.7. The number of imidazole rings is 1. The normalized spacial score (nSPS) is 17.9. The van der Waals surface area contributed by atoms with E-state index in [-0.39, 0.29) is 0 Å². The largest absolute Gasteiger partial charge is 0.378 e. The van der Waals surface area contributed by atoms with Crippen molar-refractivity contribution in [3.8, 4) is 11.5 Å². The Labute approximate surface area is 154 Å².